The summed E-state index contributed by atoms with van der Waals surface area (Å²) in [5, 5.41) is 0. The van der Waals surface area contributed by atoms with E-state index in [-0.39, 0.29) is 11.6 Å². The third-order valence-corrected chi connectivity index (χ3v) is 4.03. The summed E-state index contributed by atoms with van der Waals surface area (Å²) < 4.78 is 27.8. The predicted octanol–water partition coefficient (Wildman–Crippen LogP) is -0.546. The van der Waals surface area contributed by atoms with Gasteiger partial charge in [0, 0.05) is 18.1 Å². The Bertz CT molecular complexity index is 307. The maximum atomic E-state index is 11.4. The molecule has 0 aromatic rings. The second kappa shape index (κ2) is 3.44. The van der Waals surface area contributed by atoms with Crippen LogP contribution in [0.25, 0.3) is 0 Å². The minimum absolute atomic E-state index is 0.155. The van der Waals surface area contributed by atoms with Crippen LogP contribution in [0.1, 0.15) is 32.1 Å². The zero-order valence-corrected chi connectivity index (χ0v) is 8.94. The summed E-state index contributed by atoms with van der Waals surface area (Å²) in [5.41, 5.74) is 5.61. The standard InChI is InChI=1S/C8H17N3O2S/c9-8(4-1-5-8)6-10-14(12,13)11-7-2-3-7/h7,10-11H,1-6,9H2. The van der Waals surface area contributed by atoms with Gasteiger partial charge in [-0.2, -0.15) is 13.1 Å². The molecule has 0 spiro atoms. The lowest BCUT2D eigenvalue weighted by Gasteiger charge is -2.37. The van der Waals surface area contributed by atoms with Crippen molar-refractivity contribution in [2.24, 2.45) is 5.73 Å². The van der Waals surface area contributed by atoms with Crippen molar-refractivity contribution < 1.29 is 8.42 Å². The van der Waals surface area contributed by atoms with Gasteiger partial charge in [-0.05, 0) is 32.1 Å². The van der Waals surface area contributed by atoms with Crippen LogP contribution in [0.4, 0.5) is 0 Å². The Morgan fingerprint density at radius 2 is 2.00 bits per heavy atom. The number of rotatable bonds is 5. The van der Waals surface area contributed by atoms with Gasteiger partial charge in [-0.1, -0.05) is 0 Å². The van der Waals surface area contributed by atoms with E-state index in [4.69, 9.17) is 5.73 Å². The molecule has 4 N–H and O–H groups in total. The Labute approximate surface area is 84.6 Å². The highest BCUT2D eigenvalue weighted by Crippen LogP contribution is 2.28. The fraction of sp³-hybridized carbons (Fsp3) is 1.00. The van der Waals surface area contributed by atoms with E-state index < -0.39 is 10.2 Å². The molecule has 2 fully saturated rings. The van der Waals surface area contributed by atoms with Crippen molar-refractivity contribution in [1.29, 1.82) is 0 Å². The molecule has 0 radical (unpaired) electrons. The van der Waals surface area contributed by atoms with Crippen LogP contribution in [0.15, 0.2) is 0 Å². The first-order valence-electron chi connectivity index (χ1n) is 5.05. The van der Waals surface area contributed by atoms with Gasteiger partial charge in [0.25, 0.3) is 10.2 Å². The van der Waals surface area contributed by atoms with Crippen molar-refractivity contribution in [3.8, 4) is 0 Å². The third-order valence-electron chi connectivity index (χ3n) is 2.86. The fourth-order valence-electron chi connectivity index (χ4n) is 1.51. The van der Waals surface area contributed by atoms with E-state index in [0.29, 0.717) is 6.54 Å². The quantitative estimate of drug-likeness (QED) is 0.580. The molecule has 0 aromatic carbocycles. The van der Waals surface area contributed by atoms with E-state index in [0.717, 1.165) is 32.1 Å². The van der Waals surface area contributed by atoms with Gasteiger partial charge in [0.15, 0.2) is 0 Å². The first-order chi connectivity index (χ1) is 6.49. The number of hydrogen-bond acceptors (Lipinski definition) is 3. The van der Waals surface area contributed by atoms with E-state index in [1.807, 2.05) is 0 Å². The molecule has 6 heteroatoms. The number of hydrogen-bond donors (Lipinski definition) is 3. The van der Waals surface area contributed by atoms with Crippen molar-refractivity contribution in [2.45, 2.75) is 43.7 Å². The molecule has 0 aromatic heterocycles. The van der Waals surface area contributed by atoms with Gasteiger partial charge in [0.2, 0.25) is 0 Å². The second-order valence-electron chi connectivity index (χ2n) is 4.43. The molecule has 5 nitrogen and oxygen atoms in total. The summed E-state index contributed by atoms with van der Waals surface area (Å²) in [5.74, 6) is 0. The molecule has 0 bridgehead atoms. The molecule has 2 rings (SSSR count). The lowest BCUT2D eigenvalue weighted by Crippen LogP contribution is -2.56. The van der Waals surface area contributed by atoms with Crippen LogP contribution in [0, 0.1) is 0 Å². The Balaban J connectivity index is 1.77. The van der Waals surface area contributed by atoms with Crippen LogP contribution in [0.3, 0.4) is 0 Å². The normalized spacial score (nSPS) is 25.8. The van der Waals surface area contributed by atoms with Gasteiger partial charge >= 0.3 is 0 Å². The number of nitrogens with two attached hydrogens (primary N) is 1. The predicted molar refractivity (Wildman–Crippen MR) is 53.8 cm³/mol. The maximum Gasteiger partial charge on any atom is 0.277 e. The third kappa shape index (κ3) is 2.66. The average Bonchev–Trinajstić information content (AvgIpc) is 2.80. The van der Waals surface area contributed by atoms with E-state index in [1.165, 1.54) is 0 Å². The molecule has 2 saturated carbocycles. The van der Waals surface area contributed by atoms with Crippen LogP contribution in [0.2, 0.25) is 0 Å². The molecular formula is C8H17N3O2S. The Hall–Kier alpha value is -0.170. The molecule has 14 heavy (non-hydrogen) atoms. The first-order valence-corrected chi connectivity index (χ1v) is 6.53. The molecular weight excluding hydrogens is 202 g/mol. The highest BCUT2D eigenvalue weighted by molar-refractivity contribution is 7.87. The maximum absolute atomic E-state index is 11.4. The molecule has 0 aliphatic heterocycles. The van der Waals surface area contributed by atoms with Crippen molar-refractivity contribution in [2.75, 3.05) is 6.54 Å². The van der Waals surface area contributed by atoms with Gasteiger partial charge in [0.05, 0.1) is 0 Å². The Morgan fingerprint density at radius 1 is 1.36 bits per heavy atom. The Morgan fingerprint density at radius 3 is 2.43 bits per heavy atom. The van der Waals surface area contributed by atoms with Gasteiger partial charge in [0.1, 0.15) is 0 Å². The summed E-state index contributed by atoms with van der Waals surface area (Å²) in [4.78, 5) is 0. The summed E-state index contributed by atoms with van der Waals surface area (Å²) >= 11 is 0. The zero-order valence-electron chi connectivity index (χ0n) is 8.12. The van der Waals surface area contributed by atoms with Crippen molar-refractivity contribution in [3.05, 3.63) is 0 Å². The van der Waals surface area contributed by atoms with Crippen molar-refractivity contribution >= 4 is 10.2 Å². The molecule has 0 atom stereocenters. The molecule has 0 heterocycles. The fourth-order valence-corrected chi connectivity index (χ4v) is 2.74. The van der Waals surface area contributed by atoms with Gasteiger partial charge in [-0.25, -0.2) is 4.72 Å². The van der Waals surface area contributed by atoms with E-state index in [1.54, 1.807) is 0 Å². The lowest BCUT2D eigenvalue weighted by atomic mass is 9.78. The number of nitrogens with one attached hydrogen (secondary N) is 2. The van der Waals surface area contributed by atoms with Crippen LogP contribution < -0.4 is 15.2 Å². The van der Waals surface area contributed by atoms with Gasteiger partial charge < -0.3 is 5.73 Å². The molecule has 0 amide bonds. The largest absolute Gasteiger partial charge is 0.324 e. The van der Waals surface area contributed by atoms with E-state index >= 15 is 0 Å². The molecule has 2 aliphatic rings. The zero-order chi connectivity index (χ0) is 10.2. The Kier molecular flexibility index (Phi) is 2.55. The highest BCUT2D eigenvalue weighted by Gasteiger charge is 2.34. The lowest BCUT2D eigenvalue weighted by molar-refractivity contribution is 0.250. The summed E-state index contributed by atoms with van der Waals surface area (Å²) in [6, 6.07) is 0.155. The topological polar surface area (TPSA) is 84.2 Å². The molecule has 0 saturated heterocycles. The SMILES string of the molecule is NC1(CNS(=O)(=O)NC2CC2)CCC1. The molecule has 2 aliphatic carbocycles. The van der Waals surface area contributed by atoms with Gasteiger partial charge in [-0.3, -0.25) is 0 Å². The van der Waals surface area contributed by atoms with Crippen LogP contribution in [-0.2, 0) is 10.2 Å². The summed E-state index contributed by atoms with van der Waals surface area (Å²) in [6.07, 6.45) is 4.84. The first kappa shape index (κ1) is 10.4. The van der Waals surface area contributed by atoms with Crippen LogP contribution >= 0.6 is 0 Å². The summed E-state index contributed by atoms with van der Waals surface area (Å²) in [6.45, 7) is 0.356. The smallest absolute Gasteiger partial charge is 0.277 e. The summed E-state index contributed by atoms with van der Waals surface area (Å²) in [7, 11) is -3.31. The van der Waals surface area contributed by atoms with E-state index in [2.05, 4.69) is 9.44 Å². The molecule has 82 valence electrons. The van der Waals surface area contributed by atoms with Crippen molar-refractivity contribution in [1.82, 2.24) is 9.44 Å². The second-order valence-corrected chi connectivity index (χ2v) is 5.96. The molecule has 0 unspecified atom stereocenters. The highest BCUT2D eigenvalue weighted by atomic mass is 32.2. The van der Waals surface area contributed by atoms with Crippen molar-refractivity contribution in [3.63, 3.8) is 0 Å². The minimum Gasteiger partial charge on any atom is -0.324 e. The average molecular weight is 219 g/mol. The minimum atomic E-state index is -3.31. The van der Waals surface area contributed by atoms with Crippen LogP contribution in [0.5, 0.6) is 0 Å². The monoisotopic (exact) mass is 219 g/mol. The van der Waals surface area contributed by atoms with E-state index in [9.17, 15) is 8.42 Å². The van der Waals surface area contributed by atoms with Crippen LogP contribution in [-0.4, -0.2) is 26.5 Å². The van der Waals surface area contributed by atoms with Gasteiger partial charge in [-0.15, -0.1) is 0 Å².